The van der Waals surface area contributed by atoms with E-state index in [1.165, 1.54) is 5.56 Å². The smallest absolute Gasteiger partial charge is 0.308 e. The molecule has 2 atom stereocenters. The molecule has 4 heteroatoms. The molecule has 1 aromatic rings. The summed E-state index contributed by atoms with van der Waals surface area (Å²) in [4.78, 5) is 11.3. The van der Waals surface area contributed by atoms with Crippen LogP contribution in [0.25, 0.3) is 0 Å². The summed E-state index contributed by atoms with van der Waals surface area (Å²) in [6.07, 6.45) is 2.63. The van der Waals surface area contributed by atoms with Gasteiger partial charge in [0.25, 0.3) is 0 Å². The molecule has 2 N–H and O–H groups in total. The first kappa shape index (κ1) is 13.9. The summed E-state index contributed by atoms with van der Waals surface area (Å²) >= 11 is 0. The maximum absolute atomic E-state index is 11.3. The van der Waals surface area contributed by atoms with Crippen LogP contribution >= 0.6 is 0 Å². The topological polar surface area (TPSA) is 58.6 Å². The Balaban J connectivity index is 2.30. The lowest BCUT2D eigenvalue weighted by atomic mass is 9.89. The highest BCUT2D eigenvalue weighted by atomic mass is 16.5. The molecular weight excluding hydrogens is 242 g/mol. The lowest BCUT2D eigenvalue weighted by Gasteiger charge is -2.25. The fourth-order valence-electron chi connectivity index (χ4n) is 2.73. The molecule has 1 aliphatic heterocycles. The maximum Gasteiger partial charge on any atom is 0.308 e. The standard InChI is InChI=1S/C15H21NO3/c1-3-12(15(17)18)14(16-2)11-6-7-13-10(9-11)5-4-8-19-13/h6-7,9,12,14,16H,3-5,8H2,1-2H3,(H,17,18). The van der Waals surface area contributed by atoms with Crippen molar-refractivity contribution < 1.29 is 14.6 Å². The van der Waals surface area contributed by atoms with Crippen molar-refractivity contribution in [2.45, 2.75) is 32.2 Å². The van der Waals surface area contributed by atoms with Crippen LogP contribution in [0.3, 0.4) is 0 Å². The Morgan fingerprint density at radius 3 is 2.95 bits per heavy atom. The summed E-state index contributed by atoms with van der Waals surface area (Å²) in [5, 5.41) is 12.4. The molecule has 0 saturated carbocycles. The van der Waals surface area contributed by atoms with Crippen molar-refractivity contribution in [3.63, 3.8) is 0 Å². The number of benzene rings is 1. The van der Waals surface area contributed by atoms with Crippen LogP contribution in [0, 0.1) is 5.92 Å². The number of ether oxygens (including phenoxy) is 1. The molecule has 1 aromatic carbocycles. The molecule has 0 radical (unpaired) electrons. The summed E-state index contributed by atoms with van der Waals surface area (Å²) in [6.45, 7) is 2.68. The summed E-state index contributed by atoms with van der Waals surface area (Å²) < 4.78 is 5.59. The summed E-state index contributed by atoms with van der Waals surface area (Å²) in [7, 11) is 1.81. The van der Waals surface area contributed by atoms with E-state index < -0.39 is 11.9 Å². The van der Waals surface area contributed by atoms with Crippen molar-refractivity contribution in [1.29, 1.82) is 0 Å². The van der Waals surface area contributed by atoms with Gasteiger partial charge >= 0.3 is 5.97 Å². The minimum Gasteiger partial charge on any atom is -0.493 e. The van der Waals surface area contributed by atoms with Gasteiger partial charge in [-0.2, -0.15) is 0 Å². The van der Waals surface area contributed by atoms with Crippen molar-refractivity contribution in [3.8, 4) is 5.75 Å². The fraction of sp³-hybridized carbons (Fsp3) is 0.533. The van der Waals surface area contributed by atoms with Gasteiger partial charge in [-0.3, -0.25) is 4.79 Å². The average molecular weight is 263 g/mol. The van der Waals surface area contributed by atoms with Gasteiger partial charge in [-0.1, -0.05) is 19.1 Å². The van der Waals surface area contributed by atoms with Gasteiger partial charge in [0.05, 0.1) is 12.5 Å². The molecule has 104 valence electrons. The van der Waals surface area contributed by atoms with E-state index >= 15 is 0 Å². The molecule has 4 nitrogen and oxygen atoms in total. The maximum atomic E-state index is 11.3. The molecule has 1 heterocycles. The molecule has 0 aliphatic carbocycles. The molecule has 0 bridgehead atoms. The van der Waals surface area contributed by atoms with Crippen LogP contribution in [-0.2, 0) is 11.2 Å². The van der Waals surface area contributed by atoms with Gasteiger partial charge in [-0.05, 0) is 43.5 Å². The van der Waals surface area contributed by atoms with Gasteiger partial charge < -0.3 is 15.2 Å². The van der Waals surface area contributed by atoms with Crippen molar-refractivity contribution >= 4 is 5.97 Å². The van der Waals surface area contributed by atoms with Gasteiger partial charge in [-0.25, -0.2) is 0 Å². The van der Waals surface area contributed by atoms with Crippen LogP contribution in [0.4, 0.5) is 0 Å². The van der Waals surface area contributed by atoms with E-state index in [0.29, 0.717) is 6.42 Å². The van der Waals surface area contributed by atoms with Gasteiger partial charge in [0, 0.05) is 6.04 Å². The van der Waals surface area contributed by atoms with E-state index in [2.05, 4.69) is 11.4 Å². The van der Waals surface area contributed by atoms with Gasteiger partial charge in [-0.15, -0.1) is 0 Å². The number of nitrogens with one attached hydrogen (secondary N) is 1. The SMILES string of the molecule is CCC(C(=O)O)C(NC)c1ccc2c(c1)CCCO2. The van der Waals surface area contributed by atoms with Crippen LogP contribution in [0.1, 0.15) is 36.9 Å². The normalized spacial score (nSPS) is 17.2. The number of carboxylic acids is 1. The van der Waals surface area contributed by atoms with Crippen LogP contribution in [-0.4, -0.2) is 24.7 Å². The van der Waals surface area contributed by atoms with Crippen LogP contribution in [0.15, 0.2) is 18.2 Å². The van der Waals surface area contributed by atoms with E-state index in [0.717, 1.165) is 30.8 Å². The van der Waals surface area contributed by atoms with Gasteiger partial charge in [0.2, 0.25) is 0 Å². The number of carboxylic acid groups (broad SMARTS) is 1. The fourth-order valence-corrected chi connectivity index (χ4v) is 2.73. The van der Waals surface area contributed by atoms with Gasteiger partial charge in [0.15, 0.2) is 0 Å². The number of hydrogen-bond donors (Lipinski definition) is 2. The quantitative estimate of drug-likeness (QED) is 0.856. The van der Waals surface area contributed by atoms with Crippen molar-refractivity contribution in [3.05, 3.63) is 29.3 Å². The zero-order valence-electron chi connectivity index (χ0n) is 11.5. The first-order valence-electron chi connectivity index (χ1n) is 6.83. The van der Waals surface area contributed by atoms with Crippen molar-refractivity contribution in [2.75, 3.05) is 13.7 Å². The second-order valence-corrected chi connectivity index (χ2v) is 4.94. The van der Waals surface area contributed by atoms with Gasteiger partial charge in [0.1, 0.15) is 5.75 Å². The Bertz CT molecular complexity index is 459. The minimum absolute atomic E-state index is 0.158. The van der Waals surface area contributed by atoms with E-state index in [9.17, 15) is 9.90 Å². The highest BCUT2D eigenvalue weighted by molar-refractivity contribution is 5.71. The molecule has 0 aromatic heterocycles. The Kier molecular flexibility index (Phi) is 4.43. The molecule has 0 saturated heterocycles. The molecule has 1 aliphatic rings. The molecule has 2 unspecified atom stereocenters. The minimum atomic E-state index is -0.754. The molecule has 2 rings (SSSR count). The lowest BCUT2D eigenvalue weighted by Crippen LogP contribution is -2.30. The van der Waals surface area contributed by atoms with Crippen LogP contribution < -0.4 is 10.1 Å². The molecule has 0 spiro atoms. The highest BCUT2D eigenvalue weighted by Gasteiger charge is 2.27. The van der Waals surface area contributed by atoms with E-state index in [1.807, 2.05) is 26.1 Å². The Morgan fingerprint density at radius 1 is 1.53 bits per heavy atom. The number of fused-ring (bicyclic) bond motifs is 1. The highest BCUT2D eigenvalue weighted by Crippen LogP contribution is 2.31. The molecular formula is C15H21NO3. The number of aliphatic carboxylic acids is 1. The second-order valence-electron chi connectivity index (χ2n) is 4.94. The third kappa shape index (κ3) is 2.89. The lowest BCUT2D eigenvalue weighted by molar-refractivity contribution is -0.143. The Morgan fingerprint density at radius 2 is 2.32 bits per heavy atom. The average Bonchev–Trinajstić information content (AvgIpc) is 2.43. The van der Waals surface area contributed by atoms with Crippen molar-refractivity contribution in [2.24, 2.45) is 5.92 Å². The third-order valence-corrected chi connectivity index (χ3v) is 3.76. The number of hydrogen-bond acceptors (Lipinski definition) is 3. The Labute approximate surface area is 113 Å². The second kappa shape index (κ2) is 6.06. The first-order chi connectivity index (χ1) is 9.17. The molecule has 0 fully saturated rings. The van der Waals surface area contributed by atoms with Crippen LogP contribution in [0.2, 0.25) is 0 Å². The largest absolute Gasteiger partial charge is 0.493 e. The number of carbonyl (C=O) groups is 1. The Hall–Kier alpha value is -1.55. The number of rotatable bonds is 5. The van der Waals surface area contributed by atoms with E-state index in [1.54, 1.807) is 0 Å². The zero-order chi connectivity index (χ0) is 13.8. The zero-order valence-corrected chi connectivity index (χ0v) is 11.5. The van der Waals surface area contributed by atoms with Crippen LogP contribution in [0.5, 0.6) is 5.75 Å². The molecule has 19 heavy (non-hydrogen) atoms. The summed E-state index contributed by atoms with van der Waals surface area (Å²) in [5.74, 6) is -0.225. The van der Waals surface area contributed by atoms with Crippen molar-refractivity contribution in [1.82, 2.24) is 5.32 Å². The first-order valence-corrected chi connectivity index (χ1v) is 6.83. The number of aryl methyl sites for hydroxylation is 1. The van der Waals surface area contributed by atoms with E-state index in [-0.39, 0.29) is 6.04 Å². The summed E-state index contributed by atoms with van der Waals surface area (Å²) in [5.41, 5.74) is 2.21. The predicted molar refractivity (Wildman–Crippen MR) is 73.5 cm³/mol. The predicted octanol–water partition coefficient (Wildman–Crippen LogP) is 2.38. The monoisotopic (exact) mass is 263 g/mol. The third-order valence-electron chi connectivity index (χ3n) is 3.76. The molecule has 0 amide bonds. The van der Waals surface area contributed by atoms with E-state index in [4.69, 9.17) is 4.74 Å². The summed E-state index contributed by atoms with van der Waals surface area (Å²) in [6, 6.07) is 5.86.